The molecule has 4 aliphatic heterocycles. The van der Waals surface area contributed by atoms with E-state index in [2.05, 4.69) is 32.8 Å². The van der Waals surface area contributed by atoms with Crippen molar-refractivity contribution in [2.75, 3.05) is 128 Å². The third-order valence-corrected chi connectivity index (χ3v) is 23.0. The molecule has 13 fully saturated rings. The molecular formula is C77H136O21. The Hall–Kier alpha value is -3.09. The first kappa shape index (κ1) is 85.6. The maximum Gasteiger partial charge on any atom is 0.303 e. The highest BCUT2D eigenvalue weighted by molar-refractivity contribution is 5.67. The van der Waals surface area contributed by atoms with E-state index < -0.39 is 11.7 Å². The number of esters is 5. The average Bonchev–Trinajstić information content (AvgIpc) is 1.54. The van der Waals surface area contributed by atoms with Crippen molar-refractivity contribution in [1.82, 2.24) is 0 Å². The Morgan fingerprint density at radius 3 is 1.15 bits per heavy atom. The van der Waals surface area contributed by atoms with Gasteiger partial charge < -0.3 is 75.8 Å². The van der Waals surface area contributed by atoms with E-state index in [-0.39, 0.29) is 78.0 Å². The van der Waals surface area contributed by atoms with Crippen molar-refractivity contribution in [2.24, 2.45) is 99.1 Å². The van der Waals surface area contributed by atoms with Crippen LogP contribution in [0.15, 0.2) is 0 Å². The smallest absolute Gasteiger partial charge is 0.303 e. The number of ether oxygens (including phenoxy) is 16. The lowest BCUT2D eigenvalue weighted by Crippen LogP contribution is -2.57. The van der Waals surface area contributed by atoms with Gasteiger partial charge in [-0.05, 0) is 207 Å². The van der Waals surface area contributed by atoms with Gasteiger partial charge in [0.15, 0.2) is 18.7 Å². The maximum atomic E-state index is 11.0. The molecule has 0 radical (unpaired) electrons. The zero-order chi connectivity index (χ0) is 72.2. The van der Waals surface area contributed by atoms with Gasteiger partial charge in [0.2, 0.25) is 0 Å². The summed E-state index contributed by atoms with van der Waals surface area (Å²) in [6.07, 6.45) is 24.4. The van der Waals surface area contributed by atoms with Crippen LogP contribution in [-0.4, -0.2) is 195 Å². The maximum absolute atomic E-state index is 11.0. The summed E-state index contributed by atoms with van der Waals surface area (Å²) in [6.45, 7) is 30.3. The van der Waals surface area contributed by atoms with Crippen LogP contribution in [0.3, 0.4) is 0 Å². The van der Waals surface area contributed by atoms with Crippen LogP contribution in [0.1, 0.15) is 199 Å². The second-order valence-corrected chi connectivity index (χ2v) is 31.2. The van der Waals surface area contributed by atoms with E-state index in [4.69, 9.17) is 56.8 Å². The number of hydrogen-bond donors (Lipinski definition) is 0. The van der Waals surface area contributed by atoms with Gasteiger partial charge in [0.1, 0.15) is 24.9 Å². The second kappa shape index (κ2) is 43.2. The van der Waals surface area contributed by atoms with Gasteiger partial charge in [0, 0.05) is 101 Å². The van der Waals surface area contributed by atoms with Crippen molar-refractivity contribution in [3.8, 4) is 0 Å². The summed E-state index contributed by atoms with van der Waals surface area (Å²) in [7, 11) is 8.41. The monoisotopic (exact) mass is 1400 g/mol. The summed E-state index contributed by atoms with van der Waals surface area (Å²) in [4.78, 5) is 52.1. The Kier molecular flexibility index (Phi) is 37.8. The fraction of sp³-hybridized carbons (Fsp3) is 0.935. The van der Waals surface area contributed by atoms with E-state index in [1.165, 1.54) is 131 Å². The van der Waals surface area contributed by atoms with Gasteiger partial charge in [0.05, 0.1) is 71.5 Å². The van der Waals surface area contributed by atoms with E-state index in [0.717, 1.165) is 19.8 Å². The van der Waals surface area contributed by atoms with Gasteiger partial charge in [-0.3, -0.25) is 24.0 Å². The minimum absolute atomic E-state index is 0.0411. The average molecular weight is 1400 g/mol. The number of methoxy groups -OCH3 is 5. The van der Waals surface area contributed by atoms with Crippen molar-refractivity contribution < 1.29 is 99.8 Å². The molecular weight excluding hydrogens is 1260 g/mol. The third kappa shape index (κ3) is 25.7. The normalized spacial score (nSPS) is 35.7. The number of rotatable bonds is 16. The van der Waals surface area contributed by atoms with Gasteiger partial charge >= 0.3 is 29.8 Å². The van der Waals surface area contributed by atoms with Crippen LogP contribution < -0.4 is 0 Å². The van der Waals surface area contributed by atoms with E-state index in [1.54, 1.807) is 133 Å². The molecule has 0 aromatic carbocycles. The summed E-state index contributed by atoms with van der Waals surface area (Å²) in [5, 5.41) is 0. The largest absolute Gasteiger partial charge is 0.466 e. The third-order valence-electron chi connectivity index (χ3n) is 23.0. The fourth-order valence-electron chi connectivity index (χ4n) is 18.7. The molecule has 0 aromatic rings. The number of hydrogen-bond acceptors (Lipinski definition) is 21. The van der Waals surface area contributed by atoms with Crippen molar-refractivity contribution in [3.05, 3.63) is 0 Å². The molecule has 16 atom stereocenters. The van der Waals surface area contributed by atoms with E-state index in [9.17, 15) is 24.0 Å². The molecule has 0 aromatic heterocycles. The molecule has 6 bridgehead atoms. The van der Waals surface area contributed by atoms with E-state index in [1.807, 2.05) is 27.7 Å². The summed E-state index contributed by atoms with van der Waals surface area (Å²) >= 11 is 0. The van der Waals surface area contributed by atoms with Crippen LogP contribution in [0.5, 0.6) is 0 Å². The van der Waals surface area contributed by atoms with Crippen molar-refractivity contribution in [1.29, 1.82) is 0 Å². The highest BCUT2D eigenvalue weighted by Gasteiger charge is 2.66. The van der Waals surface area contributed by atoms with Gasteiger partial charge in [-0.15, -0.1) is 0 Å². The molecule has 4 saturated heterocycles. The van der Waals surface area contributed by atoms with Crippen molar-refractivity contribution >= 4 is 29.8 Å². The lowest BCUT2D eigenvalue weighted by molar-refractivity contribution is -0.337. The summed E-state index contributed by atoms with van der Waals surface area (Å²) in [5.41, 5.74) is -0.943. The lowest BCUT2D eigenvalue weighted by Gasteiger charge is -2.48. The molecule has 9 aliphatic carbocycles. The topological polar surface area (TPSA) is 233 Å². The molecule has 21 heteroatoms. The highest BCUT2D eigenvalue weighted by atomic mass is 16.7. The molecule has 12 unspecified atom stereocenters. The standard InChI is InChI=1S/C18H32O7.C15H22.C11H20O3.C10H16.C9H14O5.2C4H8O2.2C3H8O/c1-13(19)21-8-17(4,5)15-24-11-18(12-25-15)9-22-14(23-10-18)16(2,3)7-20-6;1-2-10-11(3-1)13-7-12(10)14-8-4-5-9(6-8)15(13)14;1-9(12)14-8-11-5-3-10(4-6-11)7-13-2;1-2-9-7-4-5-8(6-7)10(9)3-1;1-5(10)14-7-4-13-8-6(11-2)3-12-9(7)8;2*1-3-6-4(2)5;2*1-3-4-2/h14-15H,7-12H2,1-6H3;8-15H,1-7H2;10-11H,3-8H2,1-2H3;7-10H,1-6H2;6-9H,3-4H2,1-2H3;2*3H2,1-2H3;2*3H2,1-2H3/t;;;;6-,7+,8-,9-;;;;/m....1..../s1. The predicted octanol–water partition coefficient (Wildman–Crippen LogP) is 12.7. The van der Waals surface area contributed by atoms with Gasteiger partial charge in [0.25, 0.3) is 0 Å². The molecule has 13 aliphatic rings. The number of carbonyl (C=O) groups excluding carboxylic acids is 5. The minimum Gasteiger partial charge on any atom is -0.466 e. The zero-order valence-electron chi connectivity index (χ0n) is 64.0. The van der Waals surface area contributed by atoms with Crippen LogP contribution in [0.4, 0.5) is 0 Å². The molecule has 13 rings (SSSR count). The van der Waals surface area contributed by atoms with Crippen molar-refractivity contribution in [2.45, 2.75) is 236 Å². The van der Waals surface area contributed by atoms with Crippen LogP contribution in [0.25, 0.3) is 0 Å². The molecule has 9 saturated carbocycles. The van der Waals surface area contributed by atoms with Crippen LogP contribution in [0, 0.1) is 99.1 Å². The number of carbonyl (C=O) groups is 5. The molecule has 21 nitrogen and oxygen atoms in total. The first-order valence-electron chi connectivity index (χ1n) is 37.7. The van der Waals surface area contributed by atoms with Crippen LogP contribution in [-0.2, 0) is 99.8 Å². The molecule has 1 spiro atoms. The van der Waals surface area contributed by atoms with Crippen LogP contribution >= 0.6 is 0 Å². The molecule has 570 valence electrons. The molecule has 4 heterocycles. The first-order chi connectivity index (χ1) is 46.8. The zero-order valence-corrected chi connectivity index (χ0v) is 64.0. The van der Waals surface area contributed by atoms with Gasteiger partial charge in [-0.2, -0.15) is 0 Å². The lowest BCUT2D eigenvalue weighted by atomic mass is 9.64. The minimum atomic E-state index is -0.430. The molecule has 0 amide bonds. The summed E-state index contributed by atoms with van der Waals surface area (Å²) < 4.78 is 83.4. The van der Waals surface area contributed by atoms with Crippen LogP contribution in [0.2, 0.25) is 0 Å². The second-order valence-electron chi connectivity index (χ2n) is 31.2. The first-order valence-corrected chi connectivity index (χ1v) is 37.7. The van der Waals surface area contributed by atoms with Crippen molar-refractivity contribution in [3.63, 3.8) is 0 Å². The predicted molar refractivity (Wildman–Crippen MR) is 371 cm³/mol. The SMILES string of the molecule is C1CC2C(C1)C1CC2C2C3CCC(C3)C12.C1CC2C3CCC(C3)C2C1.CCOC.CCOC.CCOC(C)=O.CCOC(C)=O.COCC(C)(C)C1OCC2(CO1)COC(C(C)(C)COC(C)=O)OC2.COCC1CCC(COC(C)=O)CC1.CO[C@@H]1CO[C@H]2[C@@H]1OC[C@@H]2OC(C)=O. The Morgan fingerprint density at radius 1 is 0.388 bits per heavy atom. The van der Waals surface area contributed by atoms with E-state index >= 15 is 0 Å². The number of fused-ring (bicyclic) bond motifs is 18. The summed E-state index contributed by atoms with van der Waals surface area (Å²) in [6, 6.07) is 0. The highest BCUT2D eigenvalue weighted by Crippen LogP contribution is 2.72. The Bertz CT molecular complexity index is 2210. The van der Waals surface area contributed by atoms with E-state index in [0.29, 0.717) is 77.9 Å². The Labute approximate surface area is 590 Å². The quantitative estimate of drug-likeness (QED) is 0.0793. The summed E-state index contributed by atoms with van der Waals surface area (Å²) in [5.74, 6) is 14.7. The Morgan fingerprint density at radius 2 is 0.776 bits per heavy atom. The molecule has 98 heavy (non-hydrogen) atoms. The van der Waals surface area contributed by atoms with Gasteiger partial charge in [-0.1, -0.05) is 40.5 Å². The molecule has 0 N–H and O–H groups in total. The van der Waals surface area contributed by atoms with Gasteiger partial charge in [-0.25, -0.2) is 0 Å². The Balaban J connectivity index is 0.000000211. The fourth-order valence-corrected chi connectivity index (χ4v) is 18.7.